The number of hydrogen-bond donors (Lipinski definition) is 1. The van der Waals surface area contributed by atoms with E-state index in [2.05, 4.69) is 11.8 Å². The Morgan fingerprint density at radius 1 is 1.08 bits per heavy atom. The van der Waals surface area contributed by atoms with Crippen molar-refractivity contribution < 1.29 is 19.4 Å². The Bertz CT molecular complexity index is 841. The molecule has 0 atom stereocenters. The highest BCUT2D eigenvalue weighted by Gasteiger charge is 2.35. The van der Waals surface area contributed by atoms with Gasteiger partial charge in [-0.1, -0.05) is 24.0 Å². The maximum absolute atomic E-state index is 12.5. The maximum atomic E-state index is 12.5. The number of amides is 2. The van der Waals surface area contributed by atoms with E-state index in [9.17, 15) is 9.59 Å². The summed E-state index contributed by atoms with van der Waals surface area (Å²) in [5.41, 5.74) is 2.15. The molecule has 1 aliphatic rings. The lowest BCUT2D eigenvalue weighted by atomic mass is 10.1. The van der Waals surface area contributed by atoms with Crippen LogP contribution in [0.4, 0.5) is 0 Å². The highest BCUT2D eigenvalue weighted by molar-refractivity contribution is 6.21. The second-order valence-electron chi connectivity index (χ2n) is 5.23. The molecule has 1 N–H and O–H groups in total. The standard InChI is InChI=1S/C19H15NO4/c1-24-15-9-8-13(5-4-10-21)14(11-15)12-20-18(22)16-6-2-3-7-17(16)19(20)23/h2-3,6-9,11,21H,10,12H2,1H3. The van der Waals surface area contributed by atoms with E-state index in [0.29, 0.717) is 28.0 Å². The monoisotopic (exact) mass is 321 g/mol. The summed E-state index contributed by atoms with van der Waals surface area (Å²) in [6.45, 7) is -0.169. The molecule has 2 aromatic carbocycles. The van der Waals surface area contributed by atoms with Crippen molar-refractivity contribution in [1.29, 1.82) is 0 Å². The van der Waals surface area contributed by atoms with E-state index >= 15 is 0 Å². The maximum Gasteiger partial charge on any atom is 0.261 e. The average Bonchev–Trinajstić information content (AvgIpc) is 2.86. The molecule has 0 fully saturated rings. The highest BCUT2D eigenvalue weighted by Crippen LogP contribution is 2.26. The van der Waals surface area contributed by atoms with Gasteiger partial charge in [0.05, 0.1) is 24.8 Å². The number of rotatable bonds is 3. The molecule has 0 aromatic heterocycles. The molecule has 0 aliphatic carbocycles. The van der Waals surface area contributed by atoms with Crippen molar-refractivity contribution >= 4 is 11.8 Å². The van der Waals surface area contributed by atoms with Crippen LogP contribution < -0.4 is 4.74 Å². The van der Waals surface area contributed by atoms with E-state index in [-0.39, 0.29) is 25.0 Å². The molecule has 0 unspecified atom stereocenters. The molecule has 0 saturated carbocycles. The number of methoxy groups -OCH3 is 1. The topological polar surface area (TPSA) is 66.8 Å². The molecule has 1 heterocycles. The number of benzene rings is 2. The van der Waals surface area contributed by atoms with E-state index in [0.717, 1.165) is 0 Å². The van der Waals surface area contributed by atoms with Crippen molar-refractivity contribution in [2.45, 2.75) is 6.54 Å². The fraction of sp³-hybridized carbons (Fsp3) is 0.158. The minimum atomic E-state index is -0.320. The third kappa shape index (κ3) is 2.75. The number of hydrogen-bond acceptors (Lipinski definition) is 4. The summed E-state index contributed by atoms with van der Waals surface area (Å²) >= 11 is 0. The minimum absolute atomic E-state index is 0.0962. The number of carbonyl (C=O) groups excluding carboxylic acids is 2. The molecular weight excluding hydrogens is 306 g/mol. The number of imide groups is 1. The molecule has 0 saturated heterocycles. The first-order chi connectivity index (χ1) is 11.7. The van der Waals surface area contributed by atoms with Crippen LogP contribution in [0.15, 0.2) is 42.5 Å². The third-order valence-corrected chi connectivity index (χ3v) is 3.82. The normalized spacial score (nSPS) is 12.7. The zero-order chi connectivity index (χ0) is 17.1. The van der Waals surface area contributed by atoms with Crippen LogP contribution in [-0.4, -0.2) is 35.5 Å². The largest absolute Gasteiger partial charge is 0.497 e. The Balaban J connectivity index is 1.97. The minimum Gasteiger partial charge on any atom is -0.497 e. The van der Waals surface area contributed by atoms with Crippen LogP contribution in [0.25, 0.3) is 0 Å². The average molecular weight is 321 g/mol. The summed E-state index contributed by atoms with van der Waals surface area (Å²) in [5, 5.41) is 8.89. The van der Waals surface area contributed by atoms with E-state index in [1.807, 2.05) is 0 Å². The molecule has 1 aliphatic heterocycles. The highest BCUT2D eigenvalue weighted by atomic mass is 16.5. The zero-order valence-corrected chi connectivity index (χ0v) is 13.1. The Hall–Kier alpha value is -3.10. The van der Waals surface area contributed by atoms with Gasteiger partial charge in [0.1, 0.15) is 12.4 Å². The second kappa shape index (κ2) is 6.57. The molecular formula is C19H15NO4. The Kier molecular flexibility index (Phi) is 4.32. The molecule has 0 spiro atoms. The lowest BCUT2D eigenvalue weighted by molar-refractivity contribution is 0.0642. The third-order valence-electron chi connectivity index (χ3n) is 3.82. The van der Waals surface area contributed by atoms with Crippen molar-refractivity contribution in [2.24, 2.45) is 0 Å². The second-order valence-corrected chi connectivity index (χ2v) is 5.23. The van der Waals surface area contributed by atoms with E-state index in [1.165, 1.54) is 4.90 Å². The van der Waals surface area contributed by atoms with Crippen molar-refractivity contribution in [3.63, 3.8) is 0 Å². The summed E-state index contributed by atoms with van der Waals surface area (Å²) in [6, 6.07) is 12.0. The van der Waals surface area contributed by atoms with Crippen LogP contribution in [0, 0.1) is 11.8 Å². The van der Waals surface area contributed by atoms with Gasteiger partial charge in [-0.15, -0.1) is 0 Å². The number of ether oxygens (including phenoxy) is 1. The molecule has 2 amide bonds. The van der Waals surface area contributed by atoms with Crippen molar-refractivity contribution in [3.05, 3.63) is 64.7 Å². The summed E-state index contributed by atoms with van der Waals surface area (Å²) in [6.07, 6.45) is 0. The number of aliphatic hydroxyl groups is 1. The molecule has 0 bridgehead atoms. The number of aliphatic hydroxyl groups excluding tert-OH is 1. The zero-order valence-electron chi connectivity index (χ0n) is 13.1. The van der Waals surface area contributed by atoms with Gasteiger partial charge in [0.15, 0.2) is 0 Å². The van der Waals surface area contributed by atoms with Crippen molar-refractivity contribution in [1.82, 2.24) is 4.90 Å². The molecule has 0 radical (unpaired) electrons. The number of nitrogens with zero attached hydrogens (tertiary/aromatic N) is 1. The lowest BCUT2D eigenvalue weighted by Gasteiger charge is -2.16. The van der Waals surface area contributed by atoms with Crippen LogP contribution in [0.3, 0.4) is 0 Å². The molecule has 24 heavy (non-hydrogen) atoms. The SMILES string of the molecule is COc1ccc(C#CCO)c(CN2C(=O)c3ccccc3C2=O)c1. The van der Waals surface area contributed by atoms with Gasteiger partial charge in [-0.2, -0.15) is 0 Å². The van der Waals surface area contributed by atoms with Gasteiger partial charge in [-0.25, -0.2) is 0 Å². The van der Waals surface area contributed by atoms with Gasteiger partial charge < -0.3 is 9.84 Å². The first kappa shape index (κ1) is 15.8. The van der Waals surface area contributed by atoms with Gasteiger partial charge in [-0.3, -0.25) is 14.5 Å². The Morgan fingerprint density at radius 3 is 2.33 bits per heavy atom. The molecule has 2 aromatic rings. The van der Waals surface area contributed by atoms with Crippen molar-refractivity contribution in [2.75, 3.05) is 13.7 Å². The summed E-state index contributed by atoms with van der Waals surface area (Å²) in [7, 11) is 1.54. The summed E-state index contributed by atoms with van der Waals surface area (Å²) < 4.78 is 5.21. The van der Waals surface area contributed by atoms with Crippen LogP contribution in [0.1, 0.15) is 31.8 Å². The van der Waals surface area contributed by atoms with Gasteiger partial charge in [-0.05, 0) is 35.9 Å². The summed E-state index contributed by atoms with van der Waals surface area (Å²) in [4.78, 5) is 26.2. The van der Waals surface area contributed by atoms with Crippen molar-refractivity contribution in [3.8, 4) is 17.6 Å². The number of carbonyl (C=O) groups is 2. The molecule has 5 nitrogen and oxygen atoms in total. The molecule has 3 rings (SSSR count). The van der Waals surface area contributed by atoms with Gasteiger partial charge in [0.25, 0.3) is 11.8 Å². The first-order valence-corrected chi connectivity index (χ1v) is 7.37. The van der Waals surface area contributed by atoms with Gasteiger partial charge in [0, 0.05) is 5.56 Å². The van der Waals surface area contributed by atoms with E-state index in [1.54, 1.807) is 49.6 Å². The van der Waals surface area contributed by atoms with Gasteiger partial charge >= 0.3 is 0 Å². The van der Waals surface area contributed by atoms with Crippen LogP contribution in [0.5, 0.6) is 5.75 Å². The lowest BCUT2D eigenvalue weighted by Crippen LogP contribution is -2.29. The van der Waals surface area contributed by atoms with E-state index < -0.39 is 0 Å². The predicted octanol–water partition coefficient (Wildman–Crippen LogP) is 1.84. The first-order valence-electron chi connectivity index (χ1n) is 7.37. The molecule has 5 heteroatoms. The fourth-order valence-electron chi connectivity index (χ4n) is 2.64. The van der Waals surface area contributed by atoms with Gasteiger partial charge in [0.2, 0.25) is 0 Å². The number of fused-ring (bicyclic) bond motifs is 1. The van der Waals surface area contributed by atoms with Crippen LogP contribution in [-0.2, 0) is 6.54 Å². The Labute approximate surface area is 139 Å². The fourth-order valence-corrected chi connectivity index (χ4v) is 2.64. The van der Waals surface area contributed by atoms with Crippen LogP contribution >= 0.6 is 0 Å². The van der Waals surface area contributed by atoms with E-state index in [4.69, 9.17) is 9.84 Å². The smallest absolute Gasteiger partial charge is 0.261 e. The predicted molar refractivity (Wildman–Crippen MR) is 87.6 cm³/mol. The Morgan fingerprint density at radius 2 is 1.75 bits per heavy atom. The van der Waals surface area contributed by atoms with Crippen LogP contribution in [0.2, 0.25) is 0 Å². The molecule has 120 valence electrons. The summed E-state index contributed by atoms with van der Waals surface area (Å²) in [5.74, 6) is 5.39. The quantitative estimate of drug-likeness (QED) is 0.692.